The number of hydrogen-bond donors (Lipinski definition) is 0. The predicted molar refractivity (Wildman–Crippen MR) is 196 cm³/mol. The van der Waals surface area contributed by atoms with E-state index in [1.54, 1.807) is 22.7 Å². The standard InChI is InChI=1S/C38H38N8S2/c1-27-15-19-33(20-16-27)41-43-35-29(3)45(37(47-35)39-25-31-11-7-5-8-12-31)23-24-46-30(4)36(44-42-34-21-17-28(2)18-22-34)48-38(46)40-26-32-13-9-6-10-14-32/h5-22H,23-26H2,1-4H3. The molecule has 0 amide bonds. The molecule has 10 heteroatoms. The first kappa shape index (κ1) is 32.9. The van der Waals surface area contributed by atoms with Crippen molar-refractivity contribution in [3.63, 3.8) is 0 Å². The van der Waals surface area contributed by atoms with Crippen molar-refractivity contribution in [2.24, 2.45) is 30.4 Å². The van der Waals surface area contributed by atoms with E-state index in [2.05, 4.69) is 81.6 Å². The van der Waals surface area contributed by atoms with Gasteiger partial charge in [-0.2, -0.15) is 0 Å². The van der Waals surface area contributed by atoms with Crippen LogP contribution in [0.1, 0.15) is 33.6 Å². The molecule has 6 rings (SSSR count). The zero-order valence-corrected chi connectivity index (χ0v) is 29.2. The van der Waals surface area contributed by atoms with Gasteiger partial charge in [0.25, 0.3) is 0 Å². The molecule has 0 bridgehead atoms. The smallest absolute Gasteiger partial charge is 0.187 e. The molecule has 2 aromatic heterocycles. The number of benzene rings is 4. The summed E-state index contributed by atoms with van der Waals surface area (Å²) < 4.78 is 4.49. The molecule has 0 unspecified atom stereocenters. The van der Waals surface area contributed by atoms with Crippen molar-refractivity contribution >= 4 is 44.1 Å². The quantitative estimate of drug-likeness (QED) is 0.123. The van der Waals surface area contributed by atoms with Crippen LogP contribution in [0.15, 0.2) is 140 Å². The fourth-order valence-electron chi connectivity index (χ4n) is 5.01. The second-order valence-electron chi connectivity index (χ2n) is 11.5. The molecule has 0 atom stereocenters. The van der Waals surface area contributed by atoms with Crippen LogP contribution in [-0.2, 0) is 26.2 Å². The molecular weight excluding hydrogens is 633 g/mol. The second-order valence-corrected chi connectivity index (χ2v) is 13.4. The van der Waals surface area contributed by atoms with Gasteiger partial charge >= 0.3 is 0 Å². The van der Waals surface area contributed by atoms with E-state index in [1.165, 1.54) is 11.1 Å². The van der Waals surface area contributed by atoms with Gasteiger partial charge in [-0.15, -0.1) is 20.5 Å². The van der Waals surface area contributed by atoms with Gasteiger partial charge in [0.1, 0.15) is 0 Å². The van der Waals surface area contributed by atoms with Crippen molar-refractivity contribution in [2.45, 2.75) is 53.9 Å². The minimum Gasteiger partial charge on any atom is -0.317 e. The molecule has 0 aliphatic rings. The highest BCUT2D eigenvalue weighted by Gasteiger charge is 2.14. The summed E-state index contributed by atoms with van der Waals surface area (Å²) in [6.45, 7) is 10.8. The van der Waals surface area contributed by atoms with E-state index in [0.717, 1.165) is 53.5 Å². The number of aromatic nitrogens is 2. The minimum absolute atomic E-state index is 0.584. The van der Waals surface area contributed by atoms with Crippen LogP contribution in [-0.4, -0.2) is 9.13 Å². The van der Waals surface area contributed by atoms with Gasteiger partial charge in [0.2, 0.25) is 0 Å². The maximum atomic E-state index is 5.05. The Morgan fingerprint density at radius 3 is 1.21 bits per heavy atom. The van der Waals surface area contributed by atoms with Crippen molar-refractivity contribution in [2.75, 3.05) is 0 Å². The zero-order chi connectivity index (χ0) is 33.3. The van der Waals surface area contributed by atoms with Crippen LogP contribution >= 0.6 is 22.7 Å². The molecular formula is C38H38N8S2. The summed E-state index contributed by atoms with van der Waals surface area (Å²) in [4.78, 5) is 11.9. The van der Waals surface area contributed by atoms with Gasteiger partial charge in [0.05, 0.1) is 35.9 Å². The van der Waals surface area contributed by atoms with Gasteiger partial charge in [-0.05, 0) is 63.1 Å². The number of aryl methyl sites for hydroxylation is 2. The van der Waals surface area contributed by atoms with Crippen LogP contribution in [0.2, 0.25) is 0 Å². The Labute approximate surface area is 288 Å². The monoisotopic (exact) mass is 670 g/mol. The third-order valence-corrected chi connectivity index (χ3v) is 10.1. The van der Waals surface area contributed by atoms with Gasteiger partial charge in [-0.1, -0.05) is 119 Å². The Bertz CT molecular complexity index is 1990. The van der Waals surface area contributed by atoms with Crippen LogP contribution < -0.4 is 9.60 Å². The summed E-state index contributed by atoms with van der Waals surface area (Å²) in [6.07, 6.45) is 0. The number of nitrogens with zero attached hydrogens (tertiary/aromatic N) is 8. The van der Waals surface area contributed by atoms with Gasteiger partial charge in [0, 0.05) is 13.1 Å². The van der Waals surface area contributed by atoms with E-state index in [4.69, 9.17) is 9.98 Å². The van der Waals surface area contributed by atoms with E-state index < -0.39 is 0 Å². The summed E-state index contributed by atoms with van der Waals surface area (Å²) >= 11 is 3.13. The van der Waals surface area contributed by atoms with E-state index in [-0.39, 0.29) is 0 Å². The van der Waals surface area contributed by atoms with Crippen molar-refractivity contribution in [3.05, 3.63) is 152 Å². The Morgan fingerprint density at radius 2 is 0.833 bits per heavy atom. The first-order valence-electron chi connectivity index (χ1n) is 15.9. The fourth-order valence-corrected chi connectivity index (χ4v) is 6.97. The van der Waals surface area contributed by atoms with Gasteiger partial charge in [-0.25, -0.2) is 0 Å². The minimum atomic E-state index is 0.584. The molecule has 0 spiro atoms. The third kappa shape index (κ3) is 8.44. The highest BCUT2D eigenvalue weighted by Crippen LogP contribution is 2.28. The summed E-state index contributed by atoms with van der Waals surface area (Å²) in [5, 5.41) is 20.1. The average Bonchev–Trinajstić information content (AvgIpc) is 3.59. The number of rotatable bonds is 11. The lowest BCUT2D eigenvalue weighted by Gasteiger charge is -2.10. The van der Waals surface area contributed by atoms with Crippen LogP contribution in [0.25, 0.3) is 0 Å². The van der Waals surface area contributed by atoms with Crippen LogP contribution in [0.5, 0.6) is 0 Å². The van der Waals surface area contributed by atoms with Crippen LogP contribution in [0.4, 0.5) is 21.4 Å². The summed E-state index contributed by atoms with van der Waals surface area (Å²) in [6, 6.07) is 36.8. The van der Waals surface area contributed by atoms with Crippen LogP contribution in [0, 0.1) is 27.7 Å². The van der Waals surface area contributed by atoms with Crippen molar-refractivity contribution in [1.29, 1.82) is 0 Å². The molecule has 4 aromatic carbocycles. The van der Waals surface area contributed by atoms with Gasteiger partial charge in [0.15, 0.2) is 19.6 Å². The maximum Gasteiger partial charge on any atom is 0.187 e. The normalized spacial score (nSPS) is 12.6. The second kappa shape index (κ2) is 15.7. The SMILES string of the molecule is Cc1ccc(N=Nc2sc(=NCc3ccccc3)n(CCn3c(C)c(N=Nc4ccc(C)cc4)sc3=NCc3ccccc3)c2C)cc1. The lowest BCUT2D eigenvalue weighted by molar-refractivity contribution is 0.539. The Kier molecular flexibility index (Phi) is 10.7. The first-order chi connectivity index (χ1) is 23.4. The molecule has 0 saturated carbocycles. The number of hydrogen-bond acceptors (Lipinski definition) is 8. The molecule has 2 heterocycles. The lowest BCUT2D eigenvalue weighted by atomic mass is 10.2. The molecule has 0 aliphatic carbocycles. The average molecular weight is 671 g/mol. The Balaban J connectivity index is 1.34. The Morgan fingerprint density at radius 1 is 0.458 bits per heavy atom. The summed E-state index contributed by atoms with van der Waals surface area (Å²) in [7, 11) is 0. The Hall–Kier alpha value is -5.06. The molecule has 8 nitrogen and oxygen atoms in total. The van der Waals surface area contributed by atoms with E-state index >= 15 is 0 Å². The highest BCUT2D eigenvalue weighted by molar-refractivity contribution is 7.13. The van der Waals surface area contributed by atoms with Crippen molar-refractivity contribution < 1.29 is 0 Å². The molecule has 0 aliphatic heterocycles. The van der Waals surface area contributed by atoms with Gasteiger partial charge < -0.3 is 9.13 Å². The molecule has 0 radical (unpaired) electrons. The van der Waals surface area contributed by atoms with E-state index in [0.29, 0.717) is 26.2 Å². The first-order valence-corrected chi connectivity index (χ1v) is 17.5. The van der Waals surface area contributed by atoms with E-state index in [9.17, 15) is 0 Å². The molecule has 242 valence electrons. The number of azo groups is 2. The fraction of sp³-hybridized carbons (Fsp3) is 0.211. The third-order valence-electron chi connectivity index (χ3n) is 7.87. The molecule has 48 heavy (non-hydrogen) atoms. The maximum absolute atomic E-state index is 5.05. The van der Waals surface area contributed by atoms with E-state index in [1.807, 2.05) is 84.9 Å². The summed E-state index contributed by atoms with van der Waals surface area (Å²) in [5.41, 5.74) is 8.40. The zero-order valence-electron chi connectivity index (χ0n) is 27.6. The van der Waals surface area contributed by atoms with Gasteiger partial charge in [-0.3, -0.25) is 9.98 Å². The largest absolute Gasteiger partial charge is 0.317 e. The van der Waals surface area contributed by atoms with Crippen molar-refractivity contribution in [1.82, 2.24) is 9.13 Å². The number of thiazole rings is 2. The molecule has 0 fully saturated rings. The predicted octanol–water partition coefficient (Wildman–Crippen LogP) is 10.4. The summed E-state index contributed by atoms with van der Waals surface area (Å²) in [5.74, 6) is 0. The van der Waals surface area contributed by atoms with Crippen LogP contribution in [0.3, 0.4) is 0 Å². The topological polar surface area (TPSA) is 84.0 Å². The molecule has 0 saturated heterocycles. The lowest BCUT2D eigenvalue weighted by Crippen LogP contribution is -2.24. The highest BCUT2D eigenvalue weighted by atomic mass is 32.1. The molecule has 0 N–H and O–H groups in total. The molecule has 6 aromatic rings. The van der Waals surface area contributed by atoms with Crippen molar-refractivity contribution in [3.8, 4) is 0 Å².